The van der Waals surface area contributed by atoms with E-state index in [9.17, 15) is 19.2 Å². The van der Waals surface area contributed by atoms with E-state index in [1.807, 2.05) is 6.92 Å². The van der Waals surface area contributed by atoms with Crippen molar-refractivity contribution < 1.29 is 23.5 Å². The highest BCUT2D eigenvalue weighted by Crippen LogP contribution is 2.15. The largest absolute Gasteiger partial charge is 0.451 e. The van der Waals surface area contributed by atoms with E-state index in [0.717, 1.165) is 17.2 Å². The molecule has 0 atom stereocenters. The first-order valence-electron chi connectivity index (χ1n) is 9.41. The zero-order valence-corrected chi connectivity index (χ0v) is 16.7. The van der Waals surface area contributed by atoms with Crippen LogP contribution in [0.2, 0.25) is 0 Å². The minimum Gasteiger partial charge on any atom is -0.451 e. The Labute approximate surface area is 172 Å². The summed E-state index contributed by atoms with van der Waals surface area (Å²) < 4.78 is 10.5. The van der Waals surface area contributed by atoms with Crippen LogP contribution in [0.15, 0.2) is 57.7 Å². The Morgan fingerprint density at radius 2 is 1.77 bits per heavy atom. The van der Waals surface area contributed by atoms with Crippen molar-refractivity contribution in [2.45, 2.75) is 20.3 Å². The Bertz CT molecular complexity index is 1160. The average molecular weight is 407 g/mol. The normalized spacial score (nSPS) is 10.6. The van der Waals surface area contributed by atoms with Crippen molar-refractivity contribution in [1.29, 1.82) is 0 Å². The van der Waals surface area contributed by atoms with E-state index < -0.39 is 12.6 Å². The highest BCUT2D eigenvalue weighted by molar-refractivity contribution is 5.99. The van der Waals surface area contributed by atoms with Crippen LogP contribution in [0, 0.1) is 6.92 Å². The molecule has 1 N–H and O–H groups in total. The van der Waals surface area contributed by atoms with Crippen LogP contribution in [0.1, 0.15) is 39.0 Å². The summed E-state index contributed by atoms with van der Waals surface area (Å²) in [7, 11) is 0. The van der Waals surface area contributed by atoms with Crippen molar-refractivity contribution in [2.24, 2.45) is 0 Å². The lowest BCUT2D eigenvalue weighted by molar-refractivity contribution is -0.118. The summed E-state index contributed by atoms with van der Waals surface area (Å²) in [6.07, 6.45) is 0.642. The quantitative estimate of drug-likeness (QED) is 0.477. The van der Waals surface area contributed by atoms with Gasteiger partial charge in [-0.1, -0.05) is 35.9 Å². The lowest BCUT2D eigenvalue weighted by atomic mass is 10.1. The Hall–Kier alpha value is -3.74. The molecule has 1 aromatic heterocycles. The minimum atomic E-state index is -0.880. The molecule has 0 saturated heterocycles. The van der Waals surface area contributed by atoms with Gasteiger partial charge >= 0.3 is 5.97 Å². The van der Waals surface area contributed by atoms with Gasteiger partial charge in [-0.15, -0.1) is 0 Å². The maximum Gasteiger partial charge on any atom is 0.374 e. The number of aryl methyl sites for hydroxylation is 1. The average Bonchev–Trinajstić information content (AvgIpc) is 2.72. The van der Waals surface area contributed by atoms with Crippen LogP contribution < -0.4 is 10.7 Å². The maximum atomic E-state index is 12.3. The molecule has 0 unspecified atom stereocenters. The van der Waals surface area contributed by atoms with Crippen molar-refractivity contribution in [3.05, 3.63) is 81.2 Å². The zero-order chi connectivity index (χ0) is 21.7. The third-order valence-corrected chi connectivity index (χ3v) is 4.48. The summed E-state index contributed by atoms with van der Waals surface area (Å²) in [6.45, 7) is 3.34. The summed E-state index contributed by atoms with van der Waals surface area (Å²) in [4.78, 5) is 47.6. The van der Waals surface area contributed by atoms with E-state index in [1.165, 1.54) is 6.92 Å². The predicted molar refractivity (Wildman–Crippen MR) is 111 cm³/mol. The van der Waals surface area contributed by atoms with Crippen LogP contribution in [0.3, 0.4) is 0 Å². The van der Waals surface area contributed by atoms with Crippen molar-refractivity contribution in [3.8, 4) is 0 Å². The molecule has 7 heteroatoms. The van der Waals surface area contributed by atoms with Crippen molar-refractivity contribution >= 4 is 28.6 Å². The molecular formula is C23H21NO6. The number of ketones is 1. The number of amides is 1. The molecule has 0 radical (unpaired) electrons. The second kappa shape index (κ2) is 9.17. The molecule has 0 aliphatic heterocycles. The molecule has 2 aromatic carbocycles. The number of hydrogen-bond donors (Lipinski definition) is 1. The number of Topliss-reactive ketones (excluding diaryl/α,β-unsaturated/α-hetero) is 1. The van der Waals surface area contributed by atoms with Gasteiger partial charge in [0.1, 0.15) is 5.58 Å². The number of carbonyl (C=O) groups is 3. The molecule has 0 spiro atoms. The van der Waals surface area contributed by atoms with Crippen LogP contribution in [-0.2, 0) is 16.0 Å². The van der Waals surface area contributed by atoms with Gasteiger partial charge in [0.2, 0.25) is 11.7 Å². The molecule has 0 bridgehead atoms. The summed E-state index contributed by atoms with van der Waals surface area (Å²) in [5.41, 5.74) is 2.18. The van der Waals surface area contributed by atoms with Crippen LogP contribution in [-0.4, -0.2) is 30.8 Å². The van der Waals surface area contributed by atoms with Gasteiger partial charge in [0, 0.05) is 25.1 Å². The monoisotopic (exact) mass is 407 g/mol. The van der Waals surface area contributed by atoms with E-state index in [4.69, 9.17) is 9.15 Å². The van der Waals surface area contributed by atoms with E-state index in [2.05, 4.69) is 5.32 Å². The van der Waals surface area contributed by atoms with Gasteiger partial charge in [0.15, 0.2) is 17.8 Å². The molecule has 0 saturated carbocycles. The molecule has 0 fully saturated rings. The van der Waals surface area contributed by atoms with E-state index >= 15 is 0 Å². The van der Waals surface area contributed by atoms with Gasteiger partial charge in [-0.3, -0.25) is 14.4 Å². The molecule has 7 nitrogen and oxygen atoms in total. The molecule has 0 aliphatic rings. The zero-order valence-electron chi connectivity index (χ0n) is 16.7. The summed E-state index contributed by atoms with van der Waals surface area (Å²) in [5, 5.41) is 3.08. The highest BCUT2D eigenvalue weighted by atomic mass is 16.5. The molecule has 154 valence electrons. The number of fused-ring (bicyclic) bond motifs is 1. The second-order valence-electron chi connectivity index (χ2n) is 6.90. The number of hydrogen-bond acceptors (Lipinski definition) is 6. The first-order chi connectivity index (χ1) is 14.3. The summed E-state index contributed by atoms with van der Waals surface area (Å²) in [5.74, 6) is -1.61. The highest BCUT2D eigenvalue weighted by Gasteiger charge is 2.16. The summed E-state index contributed by atoms with van der Waals surface area (Å²) in [6, 6.07) is 13.0. The second-order valence-corrected chi connectivity index (χ2v) is 6.90. The maximum absolute atomic E-state index is 12.3. The number of rotatable bonds is 7. The lowest BCUT2D eigenvalue weighted by Gasteiger charge is -2.06. The Morgan fingerprint density at radius 3 is 2.47 bits per heavy atom. The number of nitrogens with one attached hydrogen (secondary N) is 1. The molecule has 3 rings (SSSR count). The van der Waals surface area contributed by atoms with Gasteiger partial charge < -0.3 is 14.5 Å². The Balaban J connectivity index is 1.61. The van der Waals surface area contributed by atoms with E-state index in [1.54, 1.807) is 42.5 Å². The molecule has 0 aliphatic carbocycles. The fourth-order valence-corrected chi connectivity index (χ4v) is 2.90. The first-order valence-corrected chi connectivity index (χ1v) is 9.41. The first kappa shape index (κ1) is 21.0. The predicted octanol–water partition coefficient (Wildman–Crippen LogP) is 2.82. The Morgan fingerprint density at radius 1 is 1.03 bits per heavy atom. The summed E-state index contributed by atoms with van der Waals surface area (Å²) >= 11 is 0. The van der Waals surface area contributed by atoms with Gasteiger partial charge in [-0.25, -0.2) is 4.79 Å². The standard InChI is InChI=1S/C23H21NO6/c1-14-3-8-21-18(11-14)19(26)12-22(30-21)23(28)29-13-20(27)17-6-4-16(5-7-17)9-10-24-15(2)25/h3-8,11-12H,9-10,13H2,1-2H3,(H,24,25). The Kier molecular flexibility index (Phi) is 6.41. The lowest BCUT2D eigenvalue weighted by Crippen LogP contribution is -2.22. The van der Waals surface area contributed by atoms with Gasteiger partial charge in [-0.05, 0) is 31.0 Å². The molecule has 1 amide bonds. The molecule has 3 aromatic rings. The van der Waals surface area contributed by atoms with Crippen LogP contribution >= 0.6 is 0 Å². The van der Waals surface area contributed by atoms with Crippen LogP contribution in [0.4, 0.5) is 0 Å². The van der Waals surface area contributed by atoms with Gasteiger partial charge in [0.25, 0.3) is 0 Å². The topological polar surface area (TPSA) is 103 Å². The third-order valence-electron chi connectivity index (χ3n) is 4.48. The minimum absolute atomic E-state index is 0.0963. The fourth-order valence-electron chi connectivity index (χ4n) is 2.90. The molecular weight excluding hydrogens is 386 g/mol. The molecule has 30 heavy (non-hydrogen) atoms. The van der Waals surface area contributed by atoms with Crippen LogP contribution in [0.25, 0.3) is 11.0 Å². The van der Waals surface area contributed by atoms with Crippen molar-refractivity contribution in [2.75, 3.05) is 13.2 Å². The van der Waals surface area contributed by atoms with E-state index in [0.29, 0.717) is 23.9 Å². The fraction of sp³-hybridized carbons (Fsp3) is 0.217. The van der Waals surface area contributed by atoms with Crippen LogP contribution in [0.5, 0.6) is 0 Å². The van der Waals surface area contributed by atoms with Gasteiger partial charge in [-0.2, -0.15) is 0 Å². The SMILES string of the molecule is CC(=O)NCCc1ccc(C(=O)COC(=O)c2cc(=O)c3cc(C)ccc3o2)cc1. The number of benzene rings is 2. The number of esters is 1. The van der Waals surface area contributed by atoms with Crippen molar-refractivity contribution in [3.63, 3.8) is 0 Å². The third kappa shape index (κ3) is 5.20. The number of ether oxygens (including phenoxy) is 1. The van der Waals surface area contributed by atoms with E-state index in [-0.39, 0.29) is 28.5 Å². The number of carbonyl (C=O) groups excluding carboxylic acids is 3. The smallest absolute Gasteiger partial charge is 0.374 e. The van der Waals surface area contributed by atoms with Crippen molar-refractivity contribution in [1.82, 2.24) is 5.32 Å². The molecule has 1 heterocycles. The van der Waals surface area contributed by atoms with Gasteiger partial charge in [0.05, 0.1) is 5.39 Å².